The van der Waals surface area contributed by atoms with E-state index >= 15 is 0 Å². The Hall–Kier alpha value is -0.870. The normalized spacial score (nSPS) is 25.5. The van der Waals surface area contributed by atoms with Gasteiger partial charge in [-0.1, -0.05) is 6.92 Å². The molecule has 1 aliphatic rings. The molecule has 0 saturated carbocycles. The van der Waals surface area contributed by atoms with Gasteiger partial charge in [0.1, 0.15) is 0 Å². The largest absolute Gasteiger partial charge is 0.378 e. The molecule has 0 spiro atoms. The van der Waals surface area contributed by atoms with Gasteiger partial charge >= 0.3 is 0 Å². The van der Waals surface area contributed by atoms with Crippen LogP contribution >= 0.6 is 0 Å². The molecule has 0 aliphatic carbocycles. The standard InChI is InChI=1S/C14H25N3O/c1-4-14-12(6-7-18-14)8-15-11(3)13-9-16-17(5-2)10-13/h9-12,14-15H,4-8H2,1-3H3. The summed E-state index contributed by atoms with van der Waals surface area (Å²) in [5.41, 5.74) is 1.27. The maximum Gasteiger partial charge on any atom is 0.0613 e. The summed E-state index contributed by atoms with van der Waals surface area (Å²) in [6.45, 7) is 9.41. The van der Waals surface area contributed by atoms with E-state index < -0.39 is 0 Å². The molecule has 0 bridgehead atoms. The highest BCUT2D eigenvalue weighted by atomic mass is 16.5. The van der Waals surface area contributed by atoms with E-state index in [-0.39, 0.29) is 0 Å². The topological polar surface area (TPSA) is 39.1 Å². The second kappa shape index (κ2) is 6.34. The highest BCUT2D eigenvalue weighted by molar-refractivity contribution is 5.09. The average Bonchev–Trinajstić information content (AvgIpc) is 3.04. The predicted molar refractivity (Wildman–Crippen MR) is 72.5 cm³/mol. The third kappa shape index (κ3) is 3.12. The molecule has 3 atom stereocenters. The van der Waals surface area contributed by atoms with Gasteiger partial charge in [0.05, 0.1) is 12.3 Å². The maximum atomic E-state index is 5.72. The SMILES string of the molecule is CCC1OCCC1CNC(C)c1cnn(CC)c1. The summed E-state index contributed by atoms with van der Waals surface area (Å²) < 4.78 is 7.69. The van der Waals surface area contributed by atoms with Crippen LogP contribution in [0.3, 0.4) is 0 Å². The number of rotatable bonds is 6. The molecule has 1 aromatic rings. The molecule has 0 radical (unpaired) electrons. The van der Waals surface area contributed by atoms with E-state index in [0.717, 1.165) is 26.1 Å². The second-order valence-electron chi connectivity index (χ2n) is 5.13. The molecule has 0 amide bonds. The van der Waals surface area contributed by atoms with Crippen molar-refractivity contribution < 1.29 is 4.74 Å². The molecular weight excluding hydrogens is 226 g/mol. The lowest BCUT2D eigenvalue weighted by Crippen LogP contribution is -2.30. The minimum atomic E-state index is 0.364. The van der Waals surface area contributed by atoms with Crippen LogP contribution in [0.4, 0.5) is 0 Å². The van der Waals surface area contributed by atoms with Crippen molar-refractivity contribution in [1.29, 1.82) is 0 Å². The Kier molecular flexibility index (Phi) is 4.78. The number of aromatic nitrogens is 2. The predicted octanol–water partition coefficient (Wildman–Crippen LogP) is 2.37. The van der Waals surface area contributed by atoms with Crippen molar-refractivity contribution in [3.63, 3.8) is 0 Å². The molecule has 102 valence electrons. The Morgan fingerprint density at radius 1 is 1.56 bits per heavy atom. The first-order valence-corrected chi connectivity index (χ1v) is 7.11. The van der Waals surface area contributed by atoms with E-state index in [1.54, 1.807) is 0 Å². The van der Waals surface area contributed by atoms with Gasteiger partial charge in [-0.25, -0.2) is 0 Å². The lowest BCUT2D eigenvalue weighted by atomic mass is 9.99. The highest BCUT2D eigenvalue weighted by Crippen LogP contribution is 2.23. The van der Waals surface area contributed by atoms with E-state index in [0.29, 0.717) is 18.1 Å². The van der Waals surface area contributed by atoms with E-state index in [4.69, 9.17) is 4.74 Å². The quantitative estimate of drug-likeness (QED) is 0.843. The fourth-order valence-electron chi connectivity index (χ4n) is 2.60. The summed E-state index contributed by atoms with van der Waals surface area (Å²) in [5, 5.41) is 7.93. The molecule has 1 N–H and O–H groups in total. The molecule has 1 aromatic heterocycles. The number of hydrogen-bond acceptors (Lipinski definition) is 3. The van der Waals surface area contributed by atoms with Crippen molar-refractivity contribution >= 4 is 0 Å². The lowest BCUT2D eigenvalue weighted by molar-refractivity contribution is 0.0867. The van der Waals surface area contributed by atoms with E-state index in [9.17, 15) is 0 Å². The monoisotopic (exact) mass is 251 g/mol. The first-order valence-electron chi connectivity index (χ1n) is 7.11. The van der Waals surface area contributed by atoms with Gasteiger partial charge in [-0.15, -0.1) is 0 Å². The molecule has 1 aliphatic heterocycles. The van der Waals surface area contributed by atoms with Crippen LogP contribution < -0.4 is 5.32 Å². The van der Waals surface area contributed by atoms with Gasteiger partial charge in [-0.05, 0) is 32.6 Å². The Morgan fingerprint density at radius 3 is 3.06 bits per heavy atom. The lowest BCUT2D eigenvalue weighted by Gasteiger charge is -2.20. The third-order valence-corrected chi connectivity index (χ3v) is 3.91. The van der Waals surface area contributed by atoms with Crippen molar-refractivity contribution in [3.05, 3.63) is 18.0 Å². The van der Waals surface area contributed by atoms with Crippen LogP contribution in [-0.2, 0) is 11.3 Å². The number of nitrogens with zero attached hydrogens (tertiary/aromatic N) is 2. The zero-order chi connectivity index (χ0) is 13.0. The summed E-state index contributed by atoms with van der Waals surface area (Å²) in [4.78, 5) is 0. The van der Waals surface area contributed by atoms with Crippen LogP contribution in [0.5, 0.6) is 0 Å². The van der Waals surface area contributed by atoms with Crippen LogP contribution in [0.15, 0.2) is 12.4 Å². The van der Waals surface area contributed by atoms with E-state index in [1.807, 2.05) is 10.9 Å². The Morgan fingerprint density at radius 2 is 2.39 bits per heavy atom. The first-order chi connectivity index (χ1) is 8.74. The maximum absolute atomic E-state index is 5.72. The molecule has 3 unspecified atom stereocenters. The molecule has 0 aromatic carbocycles. The van der Waals surface area contributed by atoms with Crippen LogP contribution in [0.1, 0.15) is 45.2 Å². The van der Waals surface area contributed by atoms with Crippen molar-refractivity contribution in [3.8, 4) is 0 Å². The van der Waals surface area contributed by atoms with Gasteiger partial charge < -0.3 is 10.1 Å². The fraction of sp³-hybridized carbons (Fsp3) is 0.786. The van der Waals surface area contributed by atoms with Crippen LogP contribution in [0, 0.1) is 5.92 Å². The van der Waals surface area contributed by atoms with Crippen molar-refractivity contribution in [2.75, 3.05) is 13.2 Å². The summed E-state index contributed by atoms with van der Waals surface area (Å²) in [5.74, 6) is 0.665. The Bertz CT molecular complexity index is 364. The molecule has 4 heteroatoms. The average molecular weight is 251 g/mol. The third-order valence-electron chi connectivity index (χ3n) is 3.91. The fourth-order valence-corrected chi connectivity index (χ4v) is 2.60. The highest BCUT2D eigenvalue weighted by Gasteiger charge is 2.26. The first kappa shape index (κ1) is 13.6. The van der Waals surface area contributed by atoms with Gasteiger partial charge in [-0.2, -0.15) is 5.10 Å². The van der Waals surface area contributed by atoms with Crippen LogP contribution in [-0.4, -0.2) is 29.0 Å². The summed E-state index contributed by atoms with van der Waals surface area (Å²) >= 11 is 0. The van der Waals surface area contributed by atoms with E-state index in [1.165, 1.54) is 12.0 Å². The Balaban J connectivity index is 1.82. The number of ether oxygens (including phenoxy) is 1. The number of nitrogens with one attached hydrogen (secondary N) is 1. The second-order valence-corrected chi connectivity index (χ2v) is 5.13. The Labute approximate surface area is 110 Å². The minimum Gasteiger partial charge on any atom is -0.378 e. The van der Waals surface area contributed by atoms with Crippen LogP contribution in [0.25, 0.3) is 0 Å². The smallest absolute Gasteiger partial charge is 0.0613 e. The van der Waals surface area contributed by atoms with Gasteiger partial charge in [-0.3, -0.25) is 4.68 Å². The molecule has 1 fully saturated rings. The number of hydrogen-bond donors (Lipinski definition) is 1. The zero-order valence-corrected chi connectivity index (χ0v) is 11.7. The van der Waals surface area contributed by atoms with E-state index in [2.05, 4.69) is 37.4 Å². The molecule has 4 nitrogen and oxygen atoms in total. The number of aryl methyl sites for hydroxylation is 1. The zero-order valence-electron chi connectivity index (χ0n) is 11.7. The molecule has 2 heterocycles. The molecule has 2 rings (SSSR count). The molecule has 18 heavy (non-hydrogen) atoms. The van der Waals surface area contributed by atoms with Crippen molar-refractivity contribution in [2.45, 2.75) is 52.3 Å². The van der Waals surface area contributed by atoms with Gasteiger partial charge in [0.2, 0.25) is 0 Å². The summed E-state index contributed by atoms with van der Waals surface area (Å²) in [6, 6.07) is 0.364. The van der Waals surface area contributed by atoms with Crippen LogP contribution in [0.2, 0.25) is 0 Å². The summed E-state index contributed by atoms with van der Waals surface area (Å²) in [6.07, 6.45) is 6.84. The van der Waals surface area contributed by atoms with Crippen molar-refractivity contribution in [2.24, 2.45) is 5.92 Å². The minimum absolute atomic E-state index is 0.364. The molecule has 1 saturated heterocycles. The van der Waals surface area contributed by atoms with Gasteiger partial charge in [0.25, 0.3) is 0 Å². The summed E-state index contributed by atoms with van der Waals surface area (Å²) in [7, 11) is 0. The molecular formula is C14H25N3O. The van der Waals surface area contributed by atoms with Gasteiger partial charge in [0, 0.05) is 37.5 Å². The van der Waals surface area contributed by atoms with Crippen molar-refractivity contribution in [1.82, 2.24) is 15.1 Å². The van der Waals surface area contributed by atoms with Gasteiger partial charge in [0.15, 0.2) is 0 Å².